The number of hydrogen-bond acceptors (Lipinski definition) is 5. The van der Waals surface area contributed by atoms with E-state index in [1.165, 1.54) is 11.0 Å². The van der Waals surface area contributed by atoms with Crippen LogP contribution >= 0.6 is 0 Å². The first-order valence-corrected chi connectivity index (χ1v) is 10.8. The van der Waals surface area contributed by atoms with Crippen molar-refractivity contribution in [1.29, 1.82) is 0 Å². The van der Waals surface area contributed by atoms with Gasteiger partial charge in [-0.1, -0.05) is 30.4 Å². The van der Waals surface area contributed by atoms with Crippen LogP contribution in [0.2, 0.25) is 0 Å². The van der Waals surface area contributed by atoms with E-state index in [4.69, 9.17) is 4.42 Å². The van der Waals surface area contributed by atoms with E-state index < -0.39 is 11.7 Å². The topological polar surface area (TPSA) is 69.9 Å². The molecule has 0 N–H and O–H groups in total. The van der Waals surface area contributed by atoms with Crippen molar-refractivity contribution in [2.45, 2.75) is 12.2 Å². The van der Waals surface area contributed by atoms with Crippen molar-refractivity contribution in [3.63, 3.8) is 0 Å². The number of hydrogen-bond donors (Lipinski definition) is 0. The van der Waals surface area contributed by atoms with E-state index in [1.54, 1.807) is 16.1 Å². The van der Waals surface area contributed by atoms with Crippen LogP contribution in [-0.4, -0.2) is 59.3 Å². The van der Waals surface area contributed by atoms with Gasteiger partial charge in [-0.15, -0.1) is 0 Å². The number of benzene rings is 1. The molecule has 2 aliphatic rings. The lowest BCUT2D eigenvalue weighted by Gasteiger charge is -2.34. The predicted molar refractivity (Wildman–Crippen MR) is 118 cm³/mol. The van der Waals surface area contributed by atoms with Crippen molar-refractivity contribution >= 4 is 28.6 Å². The number of alkyl halides is 3. The molecule has 5 rings (SSSR count). The molecule has 0 aliphatic carbocycles. The predicted octanol–water partition coefficient (Wildman–Crippen LogP) is 3.63. The van der Waals surface area contributed by atoms with Crippen LogP contribution in [0.25, 0.3) is 11.0 Å². The number of anilines is 1. The molecule has 2 aliphatic heterocycles. The van der Waals surface area contributed by atoms with Crippen LogP contribution in [0.4, 0.5) is 19.0 Å². The summed E-state index contributed by atoms with van der Waals surface area (Å²) in [6.45, 7) is 1.14. The fraction of sp³-hybridized carbons (Fsp3) is 0.292. The maximum Gasteiger partial charge on any atom is 0.417 e. The van der Waals surface area contributed by atoms with Crippen LogP contribution < -0.4 is 4.90 Å². The Morgan fingerprint density at radius 1 is 1.15 bits per heavy atom. The van der Waals surface area contributed by atoms with Crippen LogP contribution in [0.15, 0.2) is 65.4 Å². The van der Waals surface area contributed by atoms with Crippen LogP contribution in [-0.2, 0) is 15.8 Å². The van der Waals surface area contributed by atoms with Crippen LogP contribution in [0.5, 0.6) is 0 Å². The smallest absolute Gasteiger partial charge is 0.417 e. The first-order chi connectivity index (χ1) is 16.3. The Morgan fingerprint density at radius 2 is 2.00 bits per heavy atom. The maximum absolute atomic E-state index is 13.1. The Balaban J connectivity index is 1.23. The number of carbonyl (C=O) groups is 2. The monoisotopic (exact) mass is 470 g/mol. The van der Waals surface area contributed by atoms with E-state index in [2.05, 4.69) is 4.98 Å². The Morgan fingerprint density at radius 3 is 2.74 bits per heavy atom. The lowest BCUT2D eigenvalue weighted by Crippen LogP contribution is -2.53. The first-order valence-electron chi connectivity index (χ1n) is 10.8. The van der Waals surface area contributed by atoms with Gasteiger partial charge in [-0.25, -0.2) is 4.98 Å². The SMILES string of the molecule is O=C1CN(CC(=O)N2CC=CC2c2cccc3ccoc23)CCN1c1ccc(C(F)(F)F)cn1. The van der Waals surface area contributed by atoms with Crippen LogP contribution in [0.3, 0.4) is 0 Å². The zero-order valence-electron chi connectivity index (χ0n) is 18.0. The van der Waals surface area contributed by atoms with Gasteiger partial charge in [0.1, 0.15) is 11.4 Å². The molecule has 1 aromatic carbocycles. The molecule has 10 heteroatoms. The molecule has 0 saturated carbocycles. The summed E-state index contributed by atoms with van der Waals surface area (Å²) in [4.78, 5) is 34.4. The van der Waals surface area contributed by atoms with Crippen LogP contribution in [0, 0.1) is 0 Å². The molecular weight excluding hydrogens is 449 g/mol. The standard InChI is InChI=1S/C24H21F3N4O3/c25-24(26,27)17-6-7-20(28-13-17)31-11-10-29(15-22(31)33)14-21(32)30-9-2-5-19(30)18-4-1-3-16-8-12-34-23(16)18/h1-8,12-13,19H,9-11,14-15H2. The normalized spacial score (nSPS) is 19.4. The summed E-state index contributed by atoms with van der Waals surface area (Å²) in [7, 11) is 0. The quantitative estimate of drug-likeness (QED) is 0.545. The molecule has 34 heavy (non-hydrogen) atoms. The van der Waals surface area contributed by atoms with Crippen molar-refractivity contribution < 1.29 is 27.2 Å². The fourth-order valence-electron chi connectivity index (χ4n) is 4.39. The molecule has 1 atom stereocenters. The number of aromatic nitrogens is 1. The number of carbonyl (C=O) groups excluding carboxylic acids is 2. The maximum atomic E-state index is 13.1. The minimum Gasteiger partial charge on any atom is -0.464 e. The number of para-hydroxylation sites is 1. The van der Waals surface area contributed by atoms with Crippen molar-refractivity contribution in [3.05, 3.63) is 72.1 Å². The van der Waals surface area contributed by atoms with Gasteiger partial charge < -0.3 is 9.32 Å². The molecule has 0 bridgehead atoms. The summed E-state index contributed by atoms with van der Waals surface area (Å²) < 4.78 is 43.9. The Hall–Kier alpha value is -3.66. The van der Waals surface area contributed by atoms with E-state index in [9.17, 15) is 22.8 Å². The Bertz CT molecular complexity index is 1250. The average molecular weight is 470 g/mol. The van der Waals surface area contributed by atoms with Gasteiger partial charge in [-0.3, -0.25) is 19.4 Å². The van der Waals surface area contributed by atoms with Gasteiger partial charge >= 0.3 is 6.18 Å². The summed E-state index contributed by atoms with van der Waals surface area (Å²) >= 11 is 0. The minimum absolute atomic E-state index is 0.0197. The molecule has 7 nitrogen and oxygen atoms in total. The van der Waals surface area contributed by atoms with E-state index in [-0.39, 0.29) is 43.3 Å². The molecule has 1 unspecified atom stereocenters. The third-order valence-electron chi connectivity index (χ3n) is 6.12. The molecule has 3 aromatic rings. The van der Waals surface area contributed by atoms with E-state index in [0.717, 1.165) is 28.8 Å². The largest absolute Gasteiger partial charge is 0.464 e. The van der Waals surface area contributed by atoms with E-state index in [0.29, 0.717) is 13.1 Å². The minimum atomic E-state index is -4.49. The highest BCUT2D eigenvalue weighted by Crippen LogP contribution is 2.33. The molecule has 0 radical (unpaired) electrons. The third-order valence-corrected chi connectivity index (χ3v) is 6.12. The van der Waals surface area contributed by atoms with Gasteiger partial charge in [-0.2, -0.15) is 13.2 Å². The number of fused-ring (bicyclic) bond motifs is 1. The van der Waals surface area contributed by atoms with Gasteiger partial charge in [0.15, 0.2) is 0 Å². The van der Waals surface area contributed by atoms with Crippen molar-refractivity contribution in [3.8, 4) is 0 Å². The summed E-state index contributed by atoms with van der Waals surface area (Å²) in [6.07, 6.45) is 1.76. The van der Waals surface area contributed by atoms with Crippen molar-refractivity contribution in [1.82, 2.24) is 14.8 Å². The lowest BCUT2D eigenvalue weighted by atomic mass is 10.0. The Labute approximate surface area is 193 Å². The van der Waals surface area contributed by atoms with E-state index >= 15 is 0 Å². The molecule has 176 valence electrons. The molecular formula is C24H21F3N4O3. The second-order valence-electron chi connectivity index (χ2n) is 8.26. The highest BCUT2D eigenvalue weighted by Gasteiger charge is 2.34. The molecule has 2 aromatic heterocycles. The fourth-order valence-corrected chi connectivity index (χ4v) is 4.39. The number of amides is 2. The van der Waals surface area contributed by atoms with Gasteiger partial charge in [-0.05, 0) is 18.2 Å². The zero-order valence-corrected chi connectivity index (χ0v) is 18.0. The van der Waals surface area contributed by atoms with Gasteiger partial charge in [0.2, 0.25) is 11.8 Å². The highest BCUT2D eigenvalue weighted by molar-refractivity contribution is 5.95. The van der Waals surface area contributed by atoms with E-state index in [1.807, 2.05) is 36.4 Å². The summed E-state index contributed by atoms with van der Waals surface area (Å²) in [5, 5.41) is 0.962. The summed E-state index contributed by atoms with van der Waals surface area (Å²) in [5.74, 6) is -0.269. The number of piperazine rings is 1. The summed E-state index contributed by atoms with van der Waals surface area (Å²) in [5.41, 5.74) is 0.774. The number of rotatable bonds is 4. The highest BCUT2D eigenvalue weighted by atomic mass is 19.4. The molecule has 1 saturated heterocycles. The molecule has 0 spiro atoms. The number of halogens is 3. The average Bonchev–Trinajstić information content (AvgIpc) is 3.48. The van der Waals surface area contributed by atoms with Gasteiger partial charge in [0, 0.05) is 36.8 Å². The molecule has 1 fully saturated rings. The van der Waals surface area contributed by atoms with Crippen molar-refractivity contribution in [2.24, 2.45) is 0 Å². The lowest BCUT2D eigenvalue weighted by molar-refractivity contribution is -0.138. The van der Waals surface area contributed by atoms with Gasteiger partial charge in [0.25, 0.3) is 0 Å². The number of nitrogens with zero attached hydrogens (tertiary/aromatic N) is 4. The zero-order chi connectivity index (χ0) is 23.9. The summed E-state index contributed by atoms with van der Waals surface area (Å²) in [6, 6.07) is 9.53. The first kappa shape index (κ1) is 22.1. The number of pyridine rings is 1. The Kier molecular flexibility index (Phi) is 5.60. The van der Waals surface area contributed by atoms with Crippen molar-refractivity contribution in [2.75, 3.05) is 37.6 Å². The molecule has 4 heterocycles. The third kappa shape index (κ3) is 4.16. The van der Waals surface area contributed by atoms with Crippen LogP contribution in [0.1, 0.15) is 17.2 Å². The second-order valence-corrected chi connectivity index (χ2v) is 8.26. The number of furan rings is 1. The second kappa shape index (κ2) is 8.60. The van der Waals surface area contributed by atoms with Gasteiger partial charge in [0.05, 0.1) is 31.0 Å². The molecule has 2 amide bonds.